The lowest BCUT2D eigenvalue weighted by Crippen LogP contribution is -2.51. The fourth-order valence-electron chi connectivity index (χ4n) is 3.08. The molecule has 28 heavy (non-hydrogen) atoms. The van der Waals surface area contributed by atoms with Crippen LogP contribution in [-0.4, -0.2) is 67.4 Å². The van der Waals surface area contributed by atoms with Gasteiger partial charge in [-0.2, -0.15) is 0 Å². The molecule has 0 unspecified atom stereocenters. The molecule has 8 nitrogen and oxygen atoms in total. The Morgan fingerprint density at radius 3 is 2.43 bits per heavy atom. The van der Waals surface area contributed by atoms with Gasteiger partial charge < -0.3 is 24.3 Å². The molecule has 0 spiro atoms. The van der Waals surface area contributed by atoms with Crippen LogP contribution in [0.3, 0.4) is 0 Å². The second-order valence-corrected chi connectivity index (χ2v) is 6.36. The van der Waals surface area contributed by atoms with E-state index in [9.17, 15) is 14.4 Å². The highest BCUT2D eigenvalue weighted by Crippen LogP contribution is 2.16. The molecule has 2 heterocycles. The van der Waals surface area contributed by atoms with Gasteiger partial charge in [0.05, 0.1) is 18.9 Å². The summed E-state index contributed by atoms with van der Waals surface area (Å²) in [7, 11) is 1.51. The number of nitrogens with one attached hydrogen (secondary N) is 1. The number of ether oxygens (including phenoxy) is 1. The van der Waals surface area contributed by atoms with Gasteiger partial charge in [0.1, 0.15) is 5.75 Å². The van der Waals surface area contributed by atoms with E-state index < -0.39 is 0 Å². The van der Waals surface area contributed by atoms with E-state index in [0.29, 0.717) is 43.3 Å². The number of nitrogens with zero attached hydrogens (tertiary/aromatic N) is 2. The quantitative estimate of drug-likeness (QED) is 0.811. The van der Waals surface area contributed by atoms with Crippen molar-refractivity contribution in [1.29, 1.82) is 0 Å². The summed E-state index contributed by atoms with van der Waals surface area (Å²) in [6, 6.07) is 10.2. The van der Waals surface area contributed by atoms with Gasteiger partial charge in [-0.3, -0.25) is 14.4 Å². The monoisotopic (exact) mass is 385 g/mol. The number of carbonyl (C=O) groups is 3. The first-order valence-corrected chi connectivity index (χ1v) is 9.12. The molecule has 0 radical (unpaired) electrons. The minimum atomic E-state index is -0.279. The topological polar surface area (TPSA) is 92.1 Å². The third kappa shape index (κ3) is 4.51. The Hall–Kier alpha value is -3.29. The Bertz CT molecular complexity index is 826. The van der Waals surface area contributed by atoms with Gasteiger partial charge in [-0.1, -0.05) is 12.1 Å². The number of piperazine rings is 1. The number of rotatable bonds is 6. The number of hydrogen-bond acceptors (Lipinski definition) is 5. The van der Waals surface area contributed by atoms with Crippen molar-refractivity contribution in [3.63, 3.8) is 0 Å². The van der Waals surface area contributed by atoms with Gasteiger partial charge in [0, 0.05) is 39.1 Å². The Morgan fingerprint density at radius 1 is 1.04 bits per heavy atom. The number of hydrogen-bond donors (Lipinski definition) is 1. The van der Waals surface area contributed by atoms with Crippen LogP contribution in [0.25, 0.3) is 0 Å². The van der Waals surface area contributed by atoms with Crippen molar-refractivity contribution in [3.05, 3.63) is 54.0 Å². The van der Waals surface area contributed by atoms with Crippen LogP contribution in [-0.2, 0) is 4.79 Å². The molecule has 0 aliphatic carbocycles. The number of carbonyl (C=O) groups excluding carboxylic acids is 3. The fourth-order valence-corrected chi connectivity index (χ4v) is 3.08. The third-order valence-corrected chi connectivity index (χ3v) is 4.63. The normalized spacial score (nSPS) is 13.9. The summed E-state index contributed by atoms with van der Waals surface area (Å²) < 4.78 is 10.3. The molecule has 3 amide bonds. The minimum Gasteiger partial charge on any atom is -0.496 e. The highest BCUT2D eigenvalue weighted by Gasteiger charge is 2.25. The largest absolute Gasteiger partial charge is 0.496 e. The van der Waals surface area contributed by atoms with E-state index >= 15 is 0 Å². The lowest BCUT2D eigenvalue weighted by Gasteiger charge is -2.34. The molecule has 0 saturated carbocycles. The Labute approximate surface area is 163 Å². The average Bonchev–Trinajstić information content (AvgIpc) is 3.28. The molecule has 1 aliphatic rings. The summed E-state index contributed by atoms with van der Waals surface area (Å²) in [6.07, 6.45) is 1.67. The van der Waals surface area contributed by atoms with Crippen LogP contribution in [0.4, 0.5) is 0 Å². The zero-order chi connectivity index (χ0) is 19.9. The van der Waals surface area contributed by atoms with E-state index in [1.807, 2.05) is 0 Å². The Kier molecular flexibility index (Phi) is 6.31. The van der Waals surface area contributed by atoms with Crippen LogP contribution >= 0.6 is 0 Å². The van der Waals surface area contributed by atoms with Gasteiger partial charge in [0.25, 0.3) is 11.8 Å². The highest BCUT2D eigenvalue weighted by atomic mass is 16.5. The van der Waals surface area contributed by atoms with E-state index in [0.717, 1.165) is 0 Å². The summed E-state index contributed by atoms with van der Waals surface area (Å²) in [6.45, 7) is 2.08. The summed E-state index contributed by atoms with van der Waals surface area (Å²) >= 11 is 0. The predicted octanol–water partition coefficient (Wildman–Crippen LogP) is 1.39. The van der Waals surface area contributed by atoms with Crippen molar-refractivity contribution >= 4 is 17.7 Å². The standard InChI is InChI=1S/C20H23N3O5/c1-27-16-6-3-2-5-15(16)19(25)21-9-8-18(24)22-10-12-23(13-11-22)20(26)17-7-4-14-28-17/h2-7,14H,8-13H2,1H3,(H,21,25). The van der Waals surface area contributed by atoms with Crippen molar-refractivity contribution in [2.75, 3.05) is 39.8 Å². The first kappa shape index (κ1) is 19.5. The maximum absolute atomic E-state index is 12.4. The number of para-hydroxylation sites is 1. The second kappa shape index (κ2) is 9.07. The highest BCUT2D eigenvalue weighted by molar-refractivity contribution is 5.97. The predicted molar refractivity (Wildman–Crippen MR) is 101 cm³/mol. The van der Waals surface area contributed by atoms with E-state index in [-0.39, 0.29) is 30.7 Å². The molecular weight excluding hydrogens is 362 g/mol. The van der Waals surface area contributed by atoms with E-state index in [2.05, 4.69) is 5.32 Å². The van der Waals surface area contributed by atoms with Crippen molar-refractivity contribution in [3.8, 4) is 5.75 Å². The Balaban J connectivity index is 1.42. The van der Waals surface area contributed by atoms with E-state index in [1.165, 1.54) is 13.4 Å². The molecule has 2 aromatic rings. The number of methoxy groups -OCH3 is 1. The van der Waals surface area contributed by atoms with Crippen LogP contribution < -0.4 is 10.1 Å². The van der Waals surface area contributed by atoms with Gasteiger partial charge in [0.2, 0.25) is 5.91 Å². The Morgan fingerprint density at radius 2 is 1.75 bits per heavy atom. The van der Waals surface area contributed by atoms with E-state index in [1.54, 1.807) is 46.2 Å². The van der Waals surface area contributed by atoms with Crippen LogP contribution in [0.1, 0.15) is 27.3 Å². The van der Waals surface area contributed by atoms with Crippen molar-refractivity contribution < 1.29 is 23.5 Å². The SMILES string of the molecule is COc1ccccc1C(=O)NCCC(=O)N1CCN(C(=O)c2ccco2)CC1. The summed E-state index contributed by atoms with van der Waals surface area (Å²) in [5, 5.41) is 2.75. The molecule has 1 aromatic heterocycles. The smallest absolute Gasteiger partial charge is 0.289 e. The number of amides is 3. The molecule has 8 heteroatoms. The van der Waals surface area contributed by atoms with Gasteiger partial charge in [-0.05, 0) is 24.3 Å². The molecule has 148 valence electrons. The van der Waals surface area contributed by atoms with Crippen LogP contribution in [0.15, 0.2) is 47.1 Å². The molecular formula is C20H23N3O5. The number of furan rings is 1. The number of benzene rings is 1. The lowest BCUT2D eigenvalue weighted by atomic mass is 10.2. The van der Waals surface area contributed by atoms with Crippen LogP contribution in [0.5, 0.6) is 5.75 Å². The molecule has 3 rings (SSSR count). The second-order valence-electron chi connectivity index (χ2n) is 6.36. The molecule has 0 atom stereocenters. The van der Waals surface area contributed by atoms with Gasteiger partial charge in [-0.15, -0.1) is 0 Å². The zero-order valence-electron chi connectivity index (χ0n) is 15.7. The summed E-state index contributed by atoms with van der Waals surface area (Å²) in [4.78, 5) is 40.2. The fraction of sp³-hybridized carbons (Fsp3) is 0.350. The van der Waals surface area contributed by atoms with Crippen molar-refractivity contribution in [1.82, 2.24) is 15.1 Å². The summed E-state index contributed by atoms with van der Waals surface area (Å²) in [5.74, 6) is 0.299. The molecule has 1 aromatic carbocycles. The van der Waals surface area contributed by atoms with E-state index in [4.69, 9.17) is 9.15 Å². The third-order valence-electron chi connectivity index (χ3n) is 4.63. The molecule has 0 bridgehead atoms. The first-order chi connectivity index (χ1) is 13.6. The van der Waals surface area contributed by atoms with Gasteiger partial charge >= 0.3 is 0 Å². The minimum absolute atomic E-state index is 0.0505. The lowest BCUT2D eigenvalue weighted by molar-refractivity contribution is -0.132. The van der Waals surface area contributed by atoms with Crippen molar-refractivity contribution in [2.45, 2.75) is 6.42 Å². The van der Waals surface area contributed by atoms with Crippen LogP contribution in [0.2, 0.25) is 0 Å². The summed E-state index contributed by atoms with van der Waals surface area (Å²) in [5.41, 5.74) is 0.433. The van der Waals surface area contributed by atoms with Crippen LogP contribution in [0, 0.1) is 0 Å². The van der Waals surface area contributed by atoms with Gasteiger partial charge in [0.15, 0.2) is 5.76 Å². The molecule has 1 fully saturated rings. The molecule has 1 N–H and O–H groups in total. The first-order valence-electron chi connectivity index (χ1n) is 9.12. The zero-order valence-corrected chi connectivity index (χ0v) is 15.7. The van der Waals surface area contributed by atoms with Crippen molar-refractivity contribution in [2.24, 2.45) is 0 Å². The average molecular weight is 385 g/mol. The molecule has 1 saturated heterocycles. The maximum atomic E-state index is 12.4. The molecule has 1 aliphatic heterocycles. The maximum Gasteiger partial charge on any atom is 0.289 e. The van der Waals surface area contributed by atoms with Gasteiger partial charge in [-0.25, -0.2) is 0 Å².